The second kappa shape index (κ2) is 5.00. The Morgan fingerprint density at radius 1 is 1.13 bits per heavy atom. The van der Waals surface area contributed by atoms with Crippen molar-refractivity contribution in [2.24, 2.45) is 0 Å². The second-order valence-electron chi connectivity index (χ2n) is 2.92. The Labute approximate surface area is 87.6 Å². The number of hydrogen-bond donors (Lipinski definition) is 2. The third-order valence-corrected chi connectivity index (χ3v) is 1.82. The topological polar surface area (TPSA) is 57.5 Å². The summed E-state index contributed by atoms with van der Waals surface area (Å²) in [5.74, 6) is 0.205. The van der Waals surface area contributed by atoms with E-state index in [0.29, 0.717) is 0 Å². The van der Waals surface area contributed by atoms with Gasteiger partial charge in [-0.25, -0.2) is 0 Å². The number of hydrogen-bond acceptors (Lipinski definition) is 3. The molecule has 2 rings (SSSR count). The molecule has 0 aliphatic heterocycles. The molecule has 0 amide bonds. The Morgan fingerprint density at radius 2 is 1.73 bits per heavy atom. The molecule has 2 N–H and O–H groups in total. The molecule has 3 nitrogen and oxygen atoms in total. The van der Waals surface area contributed by atoms with Crippen LogP contribution in [0.3, 0.4) is 0 Å². The lowest BCUT2D eigenvalue weighted by Crippen LogP contribution is -1.73. The first-order valence-electron chi connectivity index (χ1n) is 4.49. The smallest absolute Gasteiger partial charge is 0.127 e. The van der Waals surface area contributed by atoms with Crippen molar-refractivity contribution in [3.05, 3.63) is 36.4 Å². The highest BCUT2D eigenvalue weighted by atomic mass is 16.3. The molecule has 0 fully saturated rings. The number of rotatable bonds is 0. The van der Waals surface area contributed by atoms with Crippen LogP contribution in [0, 0.1) is 0 Å². The van der Waals surface area contributed by atoms with Gasteiger partial charge in [-0.05, 0) is 18.4 Å². The lowest BCUT2D eigenvalue weighted by Gasteiger charge is -2.00. The van der Waals surface area contributed by atoms with Gasteiger partial charge in [0.05, 0.1) is 0 Å². The molecule has 0 aliphatic rings. The van der Waals surface area contributed by atoms with Gasteiger partial charge in [-0.15, -0.1) is 0 Å². The molecule has 78 valence electrons. The third kappa shape index (κ3) is 2.71. The predicted molar refractivity (Wildman–Crippen MR) is 59.0 cm³/mol. The van der Waals surface area contributed by atoms with Crippen LogP contribution in [-0.4, -0.2) is 16.5 Å². The van der Waals surface area contributed by atoms with Crippen molar-refractivity contribution >= 4 is 17.1 Å². The van der Waals surface area contributed by atoms with Crippen LogP contribution in [0.2, 0.25) is 0 Å². The summed E-state index contributed by atoms with van der Waals surface area (Å²) in [4.78, 5) is 8.81. The van der Waals surface area contributed by atoms with Gasteiger partial charge in [0, 0.05) is 11.5 Å². The van der Waals surface area contributed by atoms with Gasteiger partial charge >= 0.3 is 0 Å². The molecule has 0 saturated carbocycles. The minimum Gasteiger partial charge on any atom is -0.508 e. The van der Waals surface area contributed by atoms with Gasteiger partial charge in [-0.3, -0.25) is 0 Å². The molecule has 2 aromatic rings. The summed E-state index contributed by atoms with van der Waals surface area (Å²) in [6.07, 6.45) is 0.750. The van der Waals surface area contributed by atoms with Crippen molar-refractivity contribution in [3.63, 3.8) is 0 Å². The zero-order valence-corrected chi connectivity index (χ0v) is 8.34. The SMILES string of the molecule is CC=O.Oc1cc(O)c2ccccc2c1. The Bertz CT molecular complexity index is 463. The zero-order chi connectivity index (χ0) is 11.3. The molecule has 0 aliphatic carbocycles. The molecule has 0 aromatic heterocycles. The predicted octanol–water partition coefficient (Wildman–Crippen LogP) is 2.46. The molecule has 3 heteroatoms. The molecule has 0 spiro atoms. The van der Waals surface area contributed by atoms with Crippen LogP contribution in [0.5, 0.6) is 11.5 Å². The van der Waals surface area contributed by atoms with Gasteiger partial charge in [0.25, 0.3) is 0 Å². The summed E-state index contributed by atoms with van der Waals surface area (Å²) in [5, 5.41) is 20.1. The number of aromatic hydroxyl groups is 2. The lowest BCUT2D eigenvalue weighted by molar-refractivity contribution is -0.106. The van der Waals surface area contributed by atoms with Crippen molar-refractivity contribution in [1.82, 2.24) is 0 Å². The number of carbonyl (C=O) groups excluding carboxylic acids is 1. The van der Waals surface area contributed by atoms with Crippen molar-refractivity contribution in [3.8, 4) is 11.5 Å². The van der Waals surface area contributed by atoms with Gasteiger partial charge in [-0.1, -0.05) is 24.3 Å². The van der Waals surface area contributed by atoms with E-state index in [2.05, 4.69) is 0 Å². The molecular weight excluding hydrogens is 192 g/mol. The van der Waals surface area contributed by atoms with E-state index in [-0.39, 0.29) is 11.5 Å². The molecule has 15 heavy (non-hydrogen) atoms. The first kappa shape index (κ1) is 11.0. The minimum atomic E-state index is 0.0891. The van der Waals surface area contributed by atoms with Crippen LogP contribution in [-0.2, 0) is 4.79 Å². The van der Waals surface area contributed by atoms with Crippen molar-refractivity contribution in [2.45, 2.75) is 6.92 Å². The molecule has 2 aromatic carbocycles. The molecule has 0 radical (unpaired) electrons. The van der Waals surface area contributed by atoms with E-state index in [1.165, 1.54) is 13.0 Å². The maximum Gasteiger partial charge on any atom is 0.127 e. The van der Waals surface area contributed by atoms with Crippen LogP contribution in [0.1, 0.15) is 6.92 Å². The van der Waals surface area contributed by atoms with E-state index >= 15 is 0 Å². The average molecular weight is 204 g/mol. The normalized spacial score (nSPS) is 9.13. The fourth-order valence-corrected chi connectivity index (χ4v) is 1.27. The molecule has 0 unspecified atom stereocenters. The van der Waals surface area contributed by atoms with E-state index < -0.39 is 0 Å². The van der Waals surface area contributed by atoms with E-state index in [9.17, 15) is 5.11 Å². The summed E-state index contributed by atoms with van der Waals surface area (Å²) in [7, 11) is 0. The first-order chi connectivity index (χ1) is 7.19. The Morgan fingerprint density at radius 3 is 2.40 bits per heavy atom. The summed E-state index contributed by atoms with van der Waals surface area (Å²) in [6.45, 7) is 1.44. The second-order valence-corrected chi connectivity index (χ2v) is 2.92. The maximum atomic E-state index is 9.39. The van der Waals surface area contributed by atoms with Crippen LogP contribution < -0.4 is 0 Å². The molecule has 0 bridgehead atoms. The van der Waals surface area contributed by atoms with Gasteiger partial charge in [0.15, 0.2) is 0 Å². The lowest BCUT2D eigenvalue weighted by atomic mass is 10.1. The summed E-state index contributed by atoms with van der Waals surface area (Å²) in [5.41, 5.74) is 0. The Balaban J connectivity index is 0.000000337. The van der Waals surface area contributed by atoms with Crippen molar-refractivity contribution < 1.29 is 15.0 Å². The third-order valence-electron chi connectivity index (χ3n) is 1.82. The quantitative estimate of drug-likeness (QED) is 0.648. The Hall–Kier alpha value is -2.03. The van der Waals surface area contributed by atoms with E-state index in [1.54, 1.807) is 6.07 Å². The van der Waals surface area contributed by atoms with Gasteiger partial charge in [-0.2, -0.15) is 0 Å². The number of aldehydes is 1. The first-order valence-corrected chi connectivity index (χ1v) is 4.49. The fourth-order valence-electron chi connectivity index (χ4n) is 1.27. The van der Waals surface area contributed by atoms with Crippen LogP contribution in [0.4, 0.5) is 0 Å². The number of carbonyl (C=O) groups is 1. The zero-order valence-electron chi connectivity index (χ0n) is 8.34. The molecular formula is C12H12O3. The highest BCUT2D eigenvalue weighted by Gasteiger charge is 1.99. The van der Waals surface area contributed by atoms with Gasteiger partial charge < -0.3 is 15.0 Å². The molecule has 0 saturated heterocycles. The van der Waals surface area contributed by atoms with E-state index in [1.807, 2.05) is 24.3 Å². The monoisotopic (exact) mass is 204 g/mol. The fraction of sp³-hybridized carbons (Fsp3) is 0.0833. The molecule has 0 atom stereocenters. The number of phenolic OH excluding ortho intramolecular Hbond substituents is 2. The maximum absolute atomic E-state index is 9.39. The molecule has 0 heterocycles. The Kier molecular flexibility index (Phi) is 3.68. The summed E-state index contributed by atoms with van der Waals surface area (Å²) >= 11 is 0. The van der Waals surface area contributed by atoms with E-state index in [4.69, 9.17) is 9.90 Å². The van der Waals surface area contributed by atoms with Gasteiger partial charge in [0.1, 0.15) is 17.8 Å². The summed E-state index contributed by atoms with van der Waals surface area (Å²) < 4.78 is 0. The number of fused-ring (bicyclic) bond motifs is 1. The van der Waals surface area contributed by atoms with Crippen molar-refractivity contribution in [1.29, 1.82) is 0 Å². The highest BCUT2D eigenvalue weighted by molar-refractivity contribution is 5.89. The van der Waals surface area contributed by atoms with E-state index in [0.717, 1.165) is 17.1 Å². The average Bonchev–Trinajstić information content (AvgIpc) is 2.18. The standard InChI is InChI=1S/C10H8O2.C2H4O/c11-8-5-7-3-1-2-4-9(7)10(12)6-8;1-2-3/h1-6,11-12H;2H,1H3. The van der Waals surface area contributed by atoms with Gasteiger partial charge in [0.2, 0.25) is 0 Å². The number of phenols is 2. The van der Waals surface area contributed by atoms with Crippen molar-refractivity contribution in [2.75, 3.05) is 0 Å². The highest BCUT2D eigenvalue weighted by Crippen LogP contribution is 2.28. The largest absolute Gasteiger partial charge is 0.508 e. The van der Waals surface area contributed by atoms with Crippen LogP contribution in [0.25, 0.3) is 10.8 Å². The van der Waals surface area contributed by atoms with Crippen LogP contribution >= 0.6 is 0 Å². The minimum absolute atomic E-state index is 0.0891. The summed E-state index contributed by atoms with van der Waals surface area (Å²) in [6, 6.07) is 10.3. The van der Waals surface area contributed by atoms with Crippen LogP contribution in [0.15, 0.2) is 36.4 Å². The number of benzene rings is 2.